The molecule has 0 radical (unpaired) electrons. The molecule has 136 valence electrons. The van der Waals surface area contributed by atoms with E-state index in [1.807, 2.05) is 32.6 Å². The molecule has 1 aliphatic heterocycles. The van der Waals surface area contributed by atoms with Gasteiger partial charge < -0.3 is 9.64 Å². The molecule has 1 fully saturated rings. The summed E-state index contributed by atoms with van der Waals surface area (Å²) in [6.07, 6.45) is 0. The van der Waals surface area contributed by atoms with Crippen molar-refractivity contribution in [3.8, 4) is 0 Å². The first-order valence-corrected chi connectivity index (χ1v) is 10.2. The molecule has 0 saturated carbocycles. The number of carbonyl (C=O) groups is 1. The van der Waals surface area contributed by atoms with Gasteiger partial charge in [0.15, 0.2) is 5.16 Å². The first kappa shape index (κ1) is 18.4. The fourth-order valence-electron chi connectivity index (χ4n) is 2.93. The summed E-state index contributed by atoms with van der Waals surface area (Å²) in [4.78, 5) is 33.9. The summed E-state index contributed by atoms with van der Waals surface area (Å²) in [5, 5.41) is 1.04. The highest BCUT2D eigenvalue weighted by molar-refractivity contribution is 8.00. The molecule has 0 spiro atoms. The van der Waals surface area contributed by atoms with Crippen LogP contribution in [-0.4, -0.2) is 51.9 Å². The first-order valence-electron chi connectivity index (χ1n) is 8.47. The molecule has 1 atom stereocenters. The zero-order valence-corrected chi connectivity index (χ0v) is 16.6. The standard InChI is InChI=1S/C17H23N3O3S2/c1-5-20-16(22)13-10(2)11(3)24-14(13)18-17(20)25-12(4)15(21)19-6-8-23-9-7-19/h12H,5-9H2,1-4H3/t12-/m0/s1. The van der Waals surface area contributed by atoms with Crippen molar-refractivity contribution in [1.82, 2.24) is 14.5 Å². The lowest BCUT2D eigenvalue weighted by molar-refractivity contribution is -0.134. The molecule has 0 aromatic carbocycles. The van der Waals surface area contributed by atoms with Gasteiger partial charge in [0.1, 0.15) is 4.83 Å². The highest BCUT2D eigenvalue weighted by atomic mass is 32.2. The van der Waals surface area contributed by atoms with Crippen LogP contribution < -0.4 is 5.56 Å². The van der Waals surface area contributed by atoms with Gasteiger partial charge in [-0.2, -0.15) is 0 Å². The topological polar surface area (TPSA) is 64.4 Å². The van der Waals surface area contributed by atoms with E-state index in [0.29, 0.717) is 43.4 Å². The van der Waals surface area contributed by atoms with Crippen LogP contribution in [0.5, 0.6) is 0 Å². The first-order chi connectivity index (χ1) is 11.9. The van der Waals surface area contributed by atoms with Crippen LogP contribution in [0.15, 0.2) is 9.95 Å². The van der Waals surface area contributed by atoms with Crippen LogP contribution in [-0.2, 0) is 16.1 Å². The Bertz CT molecular complexity index is 853. The van der Waals surface area contributed by atoms with Crippen molar-refractivity contribution >= 4 is 39.2 Å². The van der Waals surface area contributed by atoms with Gasteiger partial charge in [0.25, 0.3) is 5.56 Å². The number of aromatic nitrogens is 2. The number of ether oxygens (including phenoxy) is 1. The summed E-state index contributed by atoms with van der Waals surface area (Å²) in [6.45, 7) is 10.7. The summed E-state index contributed by atoms with van der Waals surface area (Å²) in [5.74, 6) is 0.0730. The SMILES string of the molecule is CCn1c(S[C@@H](C)C(=O)N2CCOCC2)nc2sc(C)c(C)c2c1=O. The van der Waals surface area contributed by atoms with E-state index in [1.54, 1.807) is 15.9 Å². The molecule has 3 rings (SSSR count). The van der Waals surface area contributed by atoms with E-state index in [-0.39, 0.29) is 16.7 Å². The minimum atomic E-state index is -0.289. The normalized spacial score (nSPS) is 16.4. The number of fused-ring (bicyclic) bond motifs is 1. The maximum absolute atomic E-state index is 12.9. The molecule has 8 heteroatoms. The number of carbonyl (C=O) groups excluding carboxylic acids is 1. The molecule has 25 heavy (non-hydrogen) atoms. The fraction of sp³-hybridized carbons (Fsp3) is 0.588. The summed E-state index contributed by atoms with van der Waals surface area (Å²) in [5.41, 5.74) is 0.997. The largest absolute Gasteiger partial charge is 0.378 e. The zero-order valence-electron chi connectivity index (χ0n) is 15.0. The van der Waals surface area contributed by atoms with Gasteiger partial charge in [0.05, 0.1) is 23.8 Å². The Kier molecular flexibility index (Phi) is 5.50. The molecule has 1 amide bonds. The number of thiophene rings is 1. The molecule has 6 nitrogen and oxygen atoms in total. The Hall–Kier alpha value is -1.38. The summed E-state index contributed by atoms with van der Waals surface area (Å²) in [6, 6.07) is 0. The third kappa shape index (κ3) is 3.47. The molecule has 0 N–H and O–H groups in total. The smallest absolute Gasteiger partial charge is 0.263 e. The number of thioether (sulfide) groups is 1. The van der Waals surface area contributed by atoms with Crippen molar-refractivity contribution in [1.29, 1.82) is 0 Å². The van der Waals surface area contributed by atoms with Crippen LogP contribution >= 0.6 is 23.1 Å². The molecular weight excluding hydrogens is 358 g/mol. The van der Waals surface area contributed by atoms with Crippen molar-refractivity contribution < 1.29 is 9.53 Å². The minimum Gasteiger partial charge on any atom is -0.378 e. The Morgan fingerprint density at radius 3 is 2.68 bits per heavy atom. The van der Waals surface area contributed by atoms with Gasteiger partial charge in [0, 0.05) is 24.5 Å². The van der Waals surface area contributed by atoms with Gasteiger partial charge >= 0.3 is 0 Å². The number of hydrogen-bond acceptors (Lipinski definition) is 6. The maximum atomic E-state index is 12.9. The van der Waals surface area contributed by atoms with Crippen LogP contribution in [0.4, 0.5) is 0 Å². The number of morpholine rings is 1. The van der Waals surface area contributed by atoms with Crippen molar-refractivity contribution in [2.45, 2.75) is 44.6 Å². The van der Waals surface area contributed by atoms with Crippen molar-refractivity contribution in [3.63, 3.8) is 0 Å². The number of rotatable bonds is 4. The van der Waals surface area contributed by atoms with Crippen molar-refractivity contribution in [3.05, 3.63) is 20.8 Å². The Labute approximate surface area is 155 Å². The molecule has 3 heterocycles. The van der Waals surface area contributed by atoms with Gasteiger partial charge in [-0.1, -0.05) is 11.8 Å². The third-order valence-corrected chi connectivity index (χ3v) is 6.70. The molecule has 1 saturated heterocycles. The number of amides is 1. The van der Waals surface area contributed by atoms with Gasteiger partial charge in [-0.05, 0) is 33.3 Å². The predicted octanol–water partition coefficient (Wildman–Crippen LogP) is 2.43. The number of aryl methyl sites for hydroxylation is 2. The molecule has 2 aromatic heterocycles. The summed E-state index contributed by atoms with van der Waals surface area (Å²) in [7, 11) is 0. The van der Waals surface area contributed by atoms with Crippen LogP contribution in [0.1, 0.15) is 24.3 Å². The molecule has 0 bridgehead atoms. The molecule has 2 aromatic rings. The highest BCUT2D eigenvalue weighted by Gasteiger charge is 2.25. The van der Waals surface area contributed by atoms with Crippen LogP contribution in [0.2, 0.25) is 0 Å². The van der Waals surface area contributed by atoms with Crippen LogP contribution in [0.3, 0.4) is 0 Å². The average molecular weight is 382 g/mol. The van der Waals surface area contributed by atoms with E-state index in [0.717, 1.165) is 15.3 Å². The second-order valence-electron chi connectivity index (χ2n) is 6.10. The monoisotopic (exact) mass is 381 g/mol. The molecular formula is C17H23N3O3S2. The maximum Gasteiger partial charge on any atom is 0.263 e. The van der Waals surface area contributed by atoms with Crippen molar-refractivity contribution in [2.24, 2.45) is 0 Å². The molecule has 0 unspecified atom stereocenters. The van der Waals surface area contributed by atoms with Crippen LogP contribution in [0.25, 0.3) is 10.2 Å². The lowest BCUT2D eigenvalue weighted by Crippen LogP contribution is -2.44. The van der Waals surface area contributed by atoms with E-state index in [1.165, 1.54) is 11.8 Å². The minimum absolute atomic E-state index is 0.0112. The summed E-state index contributed by atoms with van der Waals surface area (Å²) >= 11 is 2.91. The third-order valence-electron chi connectivity index (χ3n) is 4.52. The molecule has 1 aliphatic rings. The zero-order chi connectivity index (χ0) is 18.1. The second-order valence-corrected chi connectivity index (χ2v) is 8.62. The average Bonchev–Trinajstić information content (AvgIpc) is 2.89. The predicted molar refractivity (Wildman–Crippen MR) is 102 cm³/mol. The van der Waals surface area contributed by atoms with E-state index >= 15 is 0 Å². The van der Waals surface area contributed by atoms with Crippen LogP contribution in [0, 0.1) is 13.8 Å². The van der Waals surface area contributed by atoms with E-state index in [2.05, 4.69) is 0 Å². The molecule has 0 aliphatic carbocycles. The quantitative estimate of drug-likeness (QED) is 0.601. The number of hydrogen-bond donors (Lipinski definition) is 0. The van der Waals surface area contributed by atoms with Gasteiger partial charge in [-0.25, -0.2) is 4.98 Å². The van der Waals surface area contributed by atoms with E-state index in [9.17, 15) is 9.59 Å². The number of nitrogens with zero attached hydrogens (tertiary/aromatic N) is 3. The van der Waals surface area contributed by atoms with Gasteiger partial charge in [-0.3, -0.25) is 14.2 Å². The van der Waals surface area contributed by atoms with E-state index in [4.69, 9.17) is 9.72 Å². The second kappa shape index (κ2) is 7.47. The van der Waals surface area contributed by atoms with Gasteiger partial charge in [0.2, 0.25) is 5.91 Å². The highest BCUT2D eigenvalue weighted by Crippen LogP contribution is 2.30. The summed E-state index contributed by atoms with van der Waals surface area (Å²) < 4.78 is 6.98. The Morgan fingerprint density at radius 1 is 1.36 bits per heavy atom. The Morgan fingerprint density at radius 2 is 2.04 bits per heavy atom. The fourth-order valence-corrected chi connectivity index (χ4v) is 5.05. The lowest BCUT2D eigenvalue weighted by atomic mass is 10.2. The van der Waals surface area contributed by atoms with Crippen molar-refractivity contribution in [2.75, 3.05) is 26.3 Å². The van der Waals surface area contributed by atoms with Gasteiger partial charge in [-0.15, -0.1) is 11.3 Å². The van der Waals surface area contributed by atoms with E-state index < -0.39 is 0 Å². The lowest BCUT2D eigenvalue weighted by Gasteiger charge is -2.29. The Balaban J connectivity index is 1.92.